The maximum Gasteiger partial charge on any atom is 0.262 e. The summed E-state index contributed by atoms with van der Waals surface area (Å²) < 4.78 is 40.3. The maximum atomic E-state index is 13.0. The molecule has 0 heterocycles. The van der Waals surface area contributed by atoms with Crippen LogP contribution in [0.4, 0.5) is 15.8 Å². The molecule has 112 valence electrons. The highest BCUT2D eigenvalue weighted by Crippen LogP contribution is 2.29. The SMILES string of the molecule is Cc1c(N)cc(S(=O)(=O)Nc2ccc(F)cc2Br)cc1Cl. The predicted octanol–water partition coefficient (Wildman–Crippen LogP) is 3.93. The van der Waals surface area contributed by atoms with Gasteiger partial charge in [-0.3, -0.25) is 4.72 Å². The summed E-state index contributed by atoms with van der Waals surface area (Å²) in [4.78, 5) is -0.0631. The van der Waals surface area contributed by atoms with Gasteiger partial charge in [-0.05, 0) is 58.7 Å². The second-order valence-corrected chi connectivity index (χ2v) is 7.29. The van der Waals surface area contributed by atoms with E-state index in [9.17, 15) is 12.8 Å². The van der Waals surface area contributed by atoms with Gasteiger partial charge in [0, 0.05) is 15.2 Å². The van der Waals surface area contributed by atoms with Gasteiger partial charge in [-0.25, -0.2) is 12.8 Å². The molecule has 0 aliphatic carbocycles. The Bertz CT molecular complexity index is 789. The number of hydrogen-bond donors (Lipinski definition) is 2. The van der Waals surface area contributed by atoms with E-state index in [1.807, 2.05) is 0 Å². The lowest BCUT2D eigenvalue weighted by molar-refractivity contribution is 0.601. The van der Waals surface area contributed by atoms with Gasteiger partial charge in [-0.15, -0.1) is 0 Å². The summed E-state index contributed by atoms with van der Waals surface area (Å²) in [5, 5.41) is 0.258. The lowest BCUT2D eigenvalue weighted by Crippen LogP contribution is -2.14. The van der Waals surface area contributed by atoms with Crippen molar-refractivity contribution in [1.82, 2.24) is 0 Å². The fraction of sp³-hybridized carbons (Fsp3) is 0.0769. The zero-order chi connectivity index (χ0) is 15.8. The first-order chi connectivity index (χ1) is 9.70. The molecule has 0 unspecified atom stereocenters. The van der Waals surface area contributed by atoms with E-state index in [0.717, 1.165) is 12.1 Å². The van der Waals surface area contributed by atoms with Crippen LogP contribution in [-0.2, 0) is 10.0 Å². The highest BCUT2D eigenvalue weighted by Gasteiger charge is 2.18. The van der Waals surface area contributed by atoms with Crippen LogP contribution >= 0.6 is 27.5 Å². The Morgan fingerprint density at radius 3 is 2.52 bits per heavy atom. The van der Waals surface area contributed by atoms with Crippen LogP contribution in [0, 0.1) is 12.7 Å². The lowest BCUT2D eigenvalue weighted by atomic mass is 10.2. The molecule has 2 aromatic rings. The number of nitrogen functional groups attached to an aromatic ring is 1. The molecule has 0 aromatic heterocycles. The predicted molar refractivity (Wildman–Crippen MR) is 85.5 cm³/mol. The molecular formula is C13H11BrClFN2O2S. The summed E-state index contributed by atoms with van der Waals surface area (Å²) in [7, 11) is -3.88. The Balaban J connectivity index is 2.43. The third-order valence-corrected chi connectivity index (χ3v) is 5.24. The Morgan fingerprint density at radius 1 is 1.29 bits per heavy atom. The molecule has 0 fully saturated rings. The normalized spacial score (nSPS) is 11.4. The van der Waals surface area contributed by atoms with Gasteiger partial charge >= 0.3 is 0 Å². The van der Waals surface area contributed by atoms with Crippen LogP contribution in [0.15, 0.2) is 39.7 Å². The Kier molecular flexibility index (Phi) is 4.46. The van der Waals surface area contributed by atoms with Crippen LogP contribution in [0.2, 0.25) is 5.02 Å². The summed E-state index contributed by atoms with van der Waals surface area (Å²) >= 11 is 9.04. The fourth-order valence-electron chi connectivity index (χ4n) is 1.61. The first kappa shape index (κ1) is 16.1. The number of benzene rings is 2. The van der Waals surface area contributed by atoms with Crippen LogP contribution in [0.25, 0.3) is 0 Å². The number of nitrogens with two attached hydrogens (primary N) is 1. The van der Waals surface area contributed by atoms with E-state index in [0.29, 0.717) is 5.56 Å². The van der Waals surface area contributed by atoms with Gasteiger partial charge in [-0.1, -0.05) is 11.6 Å². The second kappa shape index (κ2) is 5.82. The van der Waals surface area contributed by atoms with E-state index in [4.69, 9.17) is 17.3 Å². The molecule has 2 rings (SSSR count). The number of sulfonamides is 1. The van der Waals surface area contributed by atoms with Gasteiger partial charge in [0.2, 0.25) is 0 Å². The number of hydrogen-bond acceptors (Lipinski definition) is 3. The molecule has 4 nitrogen and oxygen atoms in total. The van der Waals surface area contributed by atoms with E-state index in [-0.39, 0.29) is 25.8 Å². The summed E-state index contributed by atoms with van der Waals surface area (Å²) in [6.45, 7) is 1.69. The van der Waals surface area contributed by atoms with Crippen LogP contribution in [0.1, 0.15) is 5.56 Å². The molecule has 8 heteroatoms. The van der Waals surface area contributed by atoms with E-state index < -0.39 is 15.8 Å². The second-order valence-electron chi connectivity index (χ2n) is 4.35. The summed E-state index contributed by atoms with van der Waals surface area (Å²) in [5.74, 6) is -0.479. The van der Waals surface area contributed by atoms with E-state index in [1.165, 1.54) is 18.2 Å². The molecule has 0 atom stereocenters. The molecule has 0 spiro atoms. The highest BCUT2D eigenvalue weighted by atomic mass is 79.9. The summed E-state index contributed by atoms with van der Waals surface area (Å²) in [6.07, 6.45) is 0. The monoisotopic (exact) mass is 392 g/mol. The molecule has 0 amide bonds. The van der Waals surface area contributed by atoms with Crippen molar-refractivity contribution in [2.75, 3.05) is 10.5 Å². The largest absolute Gasteiger partial charge is 0.398 e. The first-order valence-corrected chi connectivity index (χ1v) is 8.39. The third kappa shape index (κ3) is 3.48. The average molecular weight is 394 g/mol. The standard InChI is InChI=1S/C13H11BrClFN2O2S/c1-7-11(15)5-9(6-12(7)17)21(19,20)18-13-3-2-8(16)4-10(13)14/h2-6,18H,17H2,1H3. The van der Waals surface area contributed by atoms with Crippen molar-refractivity contribution >= 4 is 48.9 Å². The minimum absolute atomic E-state index is 0.0631. The molecule has 0 aliphatic heterocycles. The molecule has 0 aliphatic rings. The molecule has 3 N–H and O–H groups in total. The van der Waals surface area contributed by atoms with Crippen molar-refractivity contribution < 1.29 is 12.8 Å². The van der Waals surface area contributed by atoms with Gasteiger partial charge < -0.3 is 5.73 Å². The molecule has 0 bridgehead atoms. The summed E-state index contributed by atoms with van der Waals surface area (Å²) in [6, 6.07) is 6.26. The van der Waals surface area contributed by atoms with Crippen LogP contribution in [-0.4, -0.2) is 8.42 Å². The van der Waals surface area contributed by atoms with E-state index >= 15 is 0 Å². The smallest absolute Gasteiger partial charge is 0.262 e. The Morgan fingerprint density at radius 2 is 1.95 bits per heavy atom. The fourth-order valence-corrected chi connectivity index (χ4v) is 3.62. The first-order valence-electron chi connectivity index (χ1n) is 5.74. The lowest BCUT2D eigenvalue weighted by Gasteiger charge is -2.12. The third-order valence-electron chi connectivity index (χ3n) is 2.84. The zero-order valence-electron chi connectivity index (χ0n) is 10.8. The van der Waals surface area contributed by atoms with Crippen molar-refractivity contribution in [3.8, 4) is 0 Å². The average Bonchev–Trinajstić information content (AvgIpc) is 2.38. The summed E-state index contributed by atoms with van der Waals surface area (Å²) in [5.41, 5.74) is 6.83. The molecule has 21 heavy (non-hydrogen) atoms. The van der Waals surface area contributed by atoms with Gasteiger partial charge in [-0.2, -0.15) is 0 Å². The zero-order valence-corrected chi connectivity index (χ0v) is 14.0. The Labute approximate surface area is 135 Å². The van der Waals surface area contributed by atoms with Crippen molar-refractivity contribution in [2.45, 2.75) is 11.8 Å². The van der Waals surface area contributed by atoms with Gasteiger partial charge in [0.25, 0.3) is 10.0 Å². The molecule has 0 radical (unpaired) electrons. The van der Waals surface area contributed by atoms with E-state index in [2.05, 4.69) is 20.7 Å². The highest BCUT2D eigenvalue weighted by molar-refractivity contribution is 9.10. The molecule has 0 saturated carbocycles. The topological polar surface area (TPSA) is 72.2 Å². The Hall–Kier alpha value is -1.31. The van der Waals surface area contributed by atoms with Crippen molar-refractivity contribution in [3.63, 3.8) is 0 Å². The van der Waals surface area contributed by atoms with Gasteiger partial charge in [0.15, 0.2) is 0 Å². The van der Waals surface area contributed by atoms with Crippen LogP contribution in [0.3, 0.4) is 0 Å². The molecule has 2 aromatic carbocycles. The number of halogens is 3. The quantitative estimate of drug-likeness (QED) is 0.776. The number of rotatable bonds is 3. The van der Waals surface area contributed by atoms with E-state index in [1.54, 1.807) is 6.92 Å². The maximum absolute atomic E-state index is 13.0. The number of anilines is 2. The van der Waals surface area contributed by atoms with Crippen molar-refractivity contribution in [3.05, 3.63) is 51.2 Å². The van der Waals surface area contributed by atoms with Crippen LogP contribution in [0.5, 0.6) is 0 Å². The van der Waals surface area contributed by atoms with Crippen molar-refractivity contribution in [1.29, 1.82) is 0 Å². The van der Waals surface area contributed by atoms with Crippen molar-refractivity contribution in [2.24, 2.45) is 0 Å². The minimum atomic E-state index is -3.88. The van der Waals surface area contributed by atoms with Gasteiger partial charge in [0.1, 0.15) is 5.82 Å². The molecular weight excluding hydrogens is 383 g/mol. The number of nitrogens with one attached hydrogen (secondary N) is 1. The van der Waals surface area contributed by atoms with Crippen LogP contribution < -0.4 is 10.5 Å². The molecule has 0 saturated heterocycles. The minimum Gasteiger partial charge on any atom is -0.398 e. The van der Waals surface area contributed by atoms with Gasteiger partial charge in [0.05, 0.1) is 10.6 Å².